The molecule has 2 aliphatic heterocycles. The van der Waals surface area contributed by atoms with Crippen LogP contribution in [0.15, 0.2) is 9.42 Å². The van der Waals surface area contributed by atoms with E-state index in [-0.39, 0.29) is 11.6 Å². The zero-order valence-corrected chi connectivity index (χ0v) is 5.62. The van der Waals surface area contributed by atoms with Gasteiger partial charge in [0.2, 0.25) is 0 Å². The van der Waals surface area contributed by atoms with Crippen LogP contribution >= 0.6 is 0 Å². The molecule has 3 heterocycles. The molecular formula is C5H6N2O3. The molecule has 1 aromatic rings. The Morgan fingerprint density at radius 2 is 2.00 bits per heavy atom. The van der Waals surface area contributed by atoms with Crippen molar-refractivity contribution in [3.63, 3.8) is 0 Å². The van der Waals surface area contributed by atoms with E-state index in [4.69, 9.17) is 0 Å². The molecule has 54 valence electrons. The maximum Gasteiger partial charge on any atom is 0.398 e. The molecule has 0 amide bonds. The summed E-state index contributed by atoms with van der Waals surface area (Å²) in [5.74, 6) is -0.294. The van der Waals surface area contributed by atoms with E-state index in [1.807, 2.05) is 0 Å². The quantitative estimate of drug-likeness (QED) is 0.496. The van der Waals surface area contributed by atoms with Gasteiger partial charge in [-0.15, -0.1) is 4.74 Å². The van der Waals surface area contributed by atoms with Crippen molar-refractivity contribution in [1.29, 1.82) is 0 Å². The van der Waals surface area contributed by atoms with Crippen LogP contribution in [0.4, 0.5) is 0 Å². The molecular weight excluding hydrogens is 136 g/mol. The van der Waals surface area contributed by atoms with Gasteiger partial charge in [-0.2, -0.15) is 0 Å². The molecule has 0 atom stereocenters. The third kappa shape index (κ3) is 0.311. The Labute approximate surface area is 55.8 Å². The van der Waals surface area contributed by atoms with Gasteiger partial charge in [0.15, 0.2) is 5.54 Å². The zero-order valence-electron chi connectivity index (χ0n) is 5.62. The largest absolute Gasteiger partial charge is 0.398 e. The van der Waals surface area contributed by atoms with Crippen molar-refractivity contribution in [2.75, 3.05) is 0 Å². The summed E-state index contributed by atoms with van der Waals surface area (Å²) < 4.78 is 6.49. The predicted molar refractivity (Wildman–Crippen MR) is 30.9 cm³/mol. The van der Waals surface area contributed by atoms with E-state index in [9.17, 15) is 9.59 Å². The van der Waals surface area contributed by atoms with Crippen LogP contribution in [-0.2, 0) is 5.54 Å². The van der Waals surface area contributed by atoms with Crippen LogP contribution in [0.1, 0.15) is 18.6 Å². The smallest absolute Gasteiger partial charge is 0.273 e. The summed E-state index contributed by atoms with van der Waals surface area (Å²) in [4.78, 5) is 21.8. The van der Waals surface area contributed by atoms with Crippen LogP contribution in [-0.4, -0.2) is 15.4 Å². The van der Waals surface area contributed by atoms with Crippen molar-refractivity contribution < 1.29 is 9.42 Å². The Balaban J connectivity index is 2.75. The molecule has 0 aromatic carbocycles. The Morgan fingerprint density at radius 1 is 1.40 bits per heavy atom. The van der Waals surface area contributed by atoms with Crippen molar-refractivity contribution in [3.8, 4) is 0 Å². The molecule has 2 aliphatic rings. The zero-order chi connectivity index (χ0) is 7.52. The molecule has 10 heavy (non-hydrogen) atoms. The van der Waals surface area contributed by atoms with E-state index >= 15 is 0 Å². The first-order chi connectivity index (χ1) is 4.55. The maximum atomic E-state index is 11.0. The second-order valence-electron chi connectivity index (χ2n) is 2.82. The summed E-state index contributed by atoms with van der Waals surface area (Å²) in [6, 6.07) is 0. The number of fused-ring (bicyclic) bond motifs is 1. The lowest BCUT2D eigenvalue weighted by Crippen LogP contribution is -2.32. The molecule has 0 saturated heterocycles. The van der Waals surface area contributed by atoms with Gasteiger partial charge in [0, 0.05) is 0 Å². The number of nitrogens with zero attached hydrogens (tertiary/aromatic N) is 2. The van der Waals surface area contributed by atoms with Gasteiger partial charge in [0.05, 0.1) is 0 Å². The number of carbonyl (C=O) groups excluding carboxylic acids is 1. The second kappa shape index (κ2) is 1.12. The minimum Gasteiger partial charge on any atom is -0.273 e. The van der Waals surface area contributed by atoms with Gasteiger partial charge in [-0.05, 0) is 13.8 Å². The number of carbonyl (C=O) groups is 1. The summed E-state index contributed by atoms with van der Waals surface area (Å²) in [7, 11) is 0. The van der Waals surface area contributed by atoms with E-state index in [0.29, 0.717) is 0 Å². The number of rotatable bonds is 0. The van der Waals surface area contributed by atoms with Crippen LogP contribution in [0.5, 0.6) is 0 Å². The van der Waals surface area contributed by atoms with Gasteiger partial charge >= 0.3 is 5.69 Å². The first-order valence-corrected chi connectivity index (χ1v) is 2.92. The van der Waals surface area contributed by atoms with Crippen molar-refractivity contribution in [3.05, 3.63) is 10.5 Å². The first-order valence-electron chi connectivity index (χ1n) is 2.92. The van der Waals surface area contributed by atoms with Gasteiger partial charge in [-0.3, -0.25) is 9.42 Å². The lowest BCUT2D eigenvalue weighted by atomic mass is 10.1. The summed E-state index contributed by atoms with van der Waals surface area (Å²) >= 11 is 0. The highest BCUT2D eigenvalue weighted by Gasteiger charge is 2.48. The van der Waals surface area contributed by atoms with Crippen LogP contribution in [0, 0.1) is 0 Å². The third-order valence-electron chi connectivity index (χ3n) is 1.73. The van der Waals surface area contributed by atoms with Crippen LogP contribution in [0.2, 0.25) is 0 Å². The standard InChI is InChI=1S/C5H6N2O3/c1-5(2)3(8)6-4(9)7(5)10-6/h1-2H3. The minimum absolute atomic E-state index is 0.294. The second-order valence-corrected chi connectivity index (χ2v) is 2.82. The van der Waals surface area contributed by atoms with E-state index in [1.54, 1.807) is 13.8 Å². The maximum absolute atomic E-state index is 11.0. The SMILES string of the molecule is CC1(C)C(=O)n2on1c2=O. The molecule has 0 unspecified atom stereocenters. The molecule has 2 bridgehead atoms. The molecule has 5 nitrogen and oxygen atoms in total. The minimum atomic E-state index is -0.795. The average Bonchev–Trinajstić information content (AvgIpc) is 2.12. The van der Waals surface area contributed by atoms with Crippen LogP contribution < -0.4 is 5.69 Å². The van der Waals surface area contributed by atoms with Crippen LogP contribution in [0.3, 0.4) is 0 Å². The molecule has 1 aromatic heterocycles. The molecule has 0 saturated carbocycles. The normalized spacial score (nSPS) is 20.4. The lowest BCUT2D eigenvalue weighted by molar-refractivity contribution is 0.0647. The predicted octanol–water partition coefficient (Wildman–Crippen LogP) is -0.368. The fraction of sp³-hybridized carbons (Fsp3) is 0.600. The van der Waals surface area contributed by atoms with Gasteiger partial charge in [-0.1, -0.05) is 4.74 Å². The van der Waals surface area contributed by atoms with Crippen molar-refractivity contribution in [1.82, 2.24) is 9.48 Å². The van der Waals surface area contributed by atoms with Crippen LogP contribution in [0.25, 0.3) is 0 Å². The summed E-state index contributed by atoms with van der Waals surface area (Å²) in [6.07, 6.45) is 0. The highest BCUT2D eigenvalue weighted by Crippen LogP contribution is 2.22. The molecule has 5 heteroatoms. The highest BCUT2D eigenvalue weighted by atomic mass is 16.7. The Kier molecular flexibility index (Phi) is 0.617. The van der Waals surface area contributed by atoms with E-state index in [0.717, 1.165) is 9.48 Å². The van der Waals surface area contributed by atoms with E-state index in [1.165, 1.54) is 0 Å². The number of hydrogen-bond acceptors (Lipinski definition) is 3. The monoisotopic (exact) mass is 142 g/mol. The van der Waals surface area contributed by atoms with Crippen molar-refractivity contribution in [2.24, 2.45) is 0 Å². The Morgan fingerprint density at radius 3 is 2.10 bits per heavy atom. The van der Waals surface area contributed by atoms with Gasteiger partial charge < -0.3 is 0 Å². The van der Waals surface area contributed by atoms with Crippen molar-refractivity contribution in [2.45, 2.75) is 19.4 Å². The fourth-order valence-electron chi connectivity index (χ4n) is 1.00. The summed E-state index contributed by atoms with van der Waals surface area (Å²) in [5.41, 5.74) is -1.16. The lowest BCUT2D eigenvalue weighted by Gasteiger charge is -2.07. The Bertz CT molecular complexity index is 351. The van der Waals surface area contributed by atoms with Gasteiger partial charge in [0.25, 0.3) is 5.91 Å². The number of aromatic nitrogens is 2. The van der Waals surface area contributed by atoms with Gasteiger partial charge in [-0.25, -0.2) is 4.79 Å². The topological polar surface area (TPSA) is 57.1 Å². The summed E-state index contributed by atoms with van der Waals surface area (Å²) in [6.45, 7) is 3.28. The van der Waals surface area contributed by atoms with E-state index < -0.39 is 5.54 Å². The molecule has 0 aliphatic carbocycles. The third-order valence-corrected chi connectivity index (χ3v) is 1.73. The molecule has 3 rings (SSSR count). The Hall–Kier alpha value is -1.26. The van der Waals surface area contributed by atoms with E-state index in [2.05, 4.69) is 4.63 Å². The molecule has 0 fully saturated rings. The summed E-state index contributed by atoms with van der Waals surface area (Å²) in [5, 5.41) is 0. The molecule has 0 N–H and O–H groups in total. The first kappa shape index (κ1) is 5.52. The fourth-order valence-corrected chi connectivity index (χ4v) is 1.00. The average molecular weight is 142 g/mol. The molecule has 0 spiro atoms. The number of hydrogen-bond donors (Lipinski definition) is 0. The highest BCUT2D eigenvalue weighted by molar-refractivity contribution is 5.86. The van der Waals surface area contributed by atoms with Gasteiger partial charge in [0.1, 0.15) is 0 Å². The molecule has 0 radical (unpaired) electrons. The van der Waals surface area contributed by atoms with Crippen molar-refractivity contribution >= 4 is 5.91 Å².